The van der Waals surface area contributed by atoms with Crippen molar-refractivity contribution in [2.75, 3.05) is 33.4 Å². The van der Waals surface area contributed by atoms with Crippen LogP contribution in [0.15, 0.2) is 29.3 Å². The Morgan fingerprint density at radius 1 is 1.33 bits per heavy atom. The van der Waals surface area contributed by atoms with Gasteiger partial charge in [0.25, 0.3) is 0 Å². The van der Waals surface area contributed by atoms with E-state index in [1.165, 1.54) is 0 Å². The first kappa shape index (κ1) is 14.4. The maximum absolute atomic E-state index is 5.50. The number of methoxy groups -OCH3 is 1. The van der Waals surface area contributed by atoms with Gasteiger partial charge in [0, 0.05) is 31.9 Å². The minimum absolute atomic E-state index is 0.0293. The van der Waals surface area contributed by atoms with Gasteiger partial charge in [0.2, 0.25) is 0 Å². The molecule has 0 unspecified atom stereocenters. The van der Waals surface area contributed by atoms with Crippen molar-refractivity contribution in [1.29, 1.82) is 0 Å². The van der Waals surface area contributed by atoms with Crippen LogP contribution < -0.4 is 15.4 Å². The monoisotopic (exact) mass is 289 g/mol. The first-order chi connectivity index (χ1) is 10.3. The van der Waals surface area contributed by atoms with Gasteiger partial charge in [-0.3, -0.25) is 4.99 Å². The minimum Gasteiger partial charge on any atom is -0.496 e. The van der Waals surface area contributed by atoms with Gasteiger partial charge in [-0.15, -0.1) is 0 Å². The number of ether oxygens (including phenoxy) is 2. The standard InChI is InChI=1S/C16H23N3O2/c1-20-14-5-3-2-4-13(14)12-18-15-16(19-9-8-17-15)6-10-21-11-7-16/h2-5,19H,6-12H2,1H3,(H,17,18). The van der Waals surface area contributed by atoms with Crippen molar-refractivity contribution in [1.82, 2.24) is 10.6 Å². The van der Waals surface area contributed by atoms with Gasteiger partial charge in [-0.1, -0.05) is 18.2 Å². The fraction of sp³-hybridized carbons (Fsp3) is 0.562. The smallest absolute Gasteiger partial charge is 0.123 e. The predicted octanol–water partition coefficient (Wildman–Crippen LogP) is 1.34. The largest absolute Gasteiger partial charge is 0.496 e. The summed E-state index contributed by atoms with van der Waals surface area (Å²) in [4.78, 5) is 4.72. The number of hydrogen-bond donors (Lipinski definition) is 2. The van der Waals surface area contributed by atoms with Crippen molar-refractivity contribution in [2.24, 2.45) is 4.99 Å². The summed E-state index contributed by atoms with van der Waals surface area (Å²) in [5.74, 6) is 1.98. The molecule has 5 nitrogen and oxygen atoms in total. The summed E-state index contributed by atoms with van der Waals surface area (Å²) in [6.45, 7) is 4.09. The van der Waals surface area contributed by atoms with E-state index in [9.17, 15) is 0 Å². The highest BCUT2D eigenvalue weighted by Crippen LogP contribution is 2.24. The highest BCUT2D eigenvalue weighted by Gasteiger charge is 2.38. The first-order valence-corrected chi connectivity index (χ1v) is 7.57. The summed E-state index contributed by atoms with van der Waals surface area (Å²) in [5.41, 5.74) is 1.12. The molecular weight excluding hydrogens is 266 g/mol. The van der Waals surface area contributed by atoms with Crippen LogP contribution >= 0.6 is 0 Å². The molecule has 1 spiro atoms. The summed E-state index contributed by atoms with van der Waals surface area (Å²) in [6.07, 6.45) is 1.95. The lowest BCUT2D eigenvalue weighted by Gasteiger charge is -2.41. The third kappa shape index (κ3) is 3.04. The highest BCUT2D eigenvalue weighted by molar-refractivity contribution is 5.92. The Bertz CT molecular complexity index is 510. The van der Waals surface area contributed by atoms with Crippen molar-refractivity contribution in [3.8, 4) is 5.75 Å². The van der Waals surface area contributed by atoms with Crippen LogP contribution in [0.1, 0.15) is 18.4 Å². The molecule has 0 bridgehead atoms. The topological polar surface area (TPSA) is 54.9 Å². The summed E-state index contributed by atoms with van der Waals surface area (Å²) >= 11 is 0. The molecule has 21 heavy (non-hydrogen) atoms. The van der Waals surface area contributed by atoms with Crippen LogP contribution in [0, 0.1) is 0 Å². The van der Waals surface area contributed by atoms with Crippen molar-refractivity contribution in [3.63, 3.8) is 0 Å². The minimum atomic E-state index is -0.0293. The third-order valence-electron chi connectivity index (χ3n) is 4.28. The maximum atomic E-state index is 5.50. The average Bonchev–Trinajstić information content (AvgIpc) is 2.55. The van der Waals surface area contributed by atoms with Gasteiger partial charge in [0.15, 0.2) is 0 Å². The van der Waals surface area contributed by atoms with Gasteiger partial charge in [0.1, 0.15) is 11.6 Å². The van der Waals surface area contributed by atoms with Crippen LogP contribution in [0.5, 0.6) is 5.75 Å². The van der Waals surface area contributed by atoms with Crippen molar-refractivity contribution in [2.45, 2.75) is 24.9 Å². The van der Waals surface area contributed by atoms with Crippen LogP contribution in [-0.2, 0) is 11.3 Å². The Hall–Kier alpha value is -1.59. The van der Waals surface area contributed by atoms with Crippen molar-refractivity contribution < 1.29 is 9.47 Å². The van der Waals surface area contributed by atoms with Gasteiger partial charge >= 0.3 is 0 Å². The Kier molecular flexibility index (Phi) is 4.41. The molecule has 2 aliphatic heterocycles. The van der Waals surface area contributed by atoms with E-state index in [2.05, 4.69) is 16.7 Å². The highest BCUT2D eigenvalue weighted by atomic mass is 16.5. The fourth-order valence-corrected chi connectivity index (χ4v) is 3.08. The van der Waals surface area contributed by atoms with Crippen molar-refractivity contribution >= 4 is 5.84 Å². The SMILES string of the molecule is COc1ccccc1CNC1=NCCNC12CCOCC2. The van der Waals surface area contributed by atoms with E-state index >= 15 is 0 Å². The lowest BCUT2D eigenvalue weighted by Crippen LogP contribution is -2.62. The van der Waals surface area contributed by atoms with Crippen LogP contribution in [0.2, 0.25) is 0 Å². The number of para-hydroxylation sites is 1. The molecule has 2 heterocycles. The number of rotatable bonds is 3. The zero-order chi connectivity index (χ0) is 14.5. The van der Waals surface area contributed by atoms with E-state index in [4.69, 9.17) is 14.5 Å². The number of nitrogens with zero attached hydrogens (tertiary/aromatic N) is 1. The second kappa shape index (κ2) is 6.45. The van der Waals surface area contributed by atoms with E-state index in [-0.39, 0.29) is 5.54 Å². The quantitative estimate of drug-likeness (QED) is 0.881. The molecule has 0 aromatic heterocycles. The molecule has 1 aromatic carbocycles. The molecule has 0 aliphatic carbocycles. The van der Waals surface area contributed by atoms with E-state index < -0.39 is 0 Å². The number of amidine groups is 1. The molecule has 1 aromatic rings. The van der Waals surface area contributed by atoms with Gasteiger partial charge in [-0.05, 0) is 18.9 Å². The normalized spacial score (nSPS) is 20.9. The fourth-order valence-electron chi connectivity index (χ4n) is 3.08. The van der Waals surface area contributed by atoms with E-state index in [0.717, 1.165) is 62.8 Å². The molecule has 0 saturated carbocycles. The zero-order valence-corrected chi connectivity index (χ0v) is 12.5. The third-order valence-corrected chi connectivity index (χ3v) is 4.28. The molecular formula is C16H23N3O2. The Balaban J connectivity index is 1.72. The van der Waals surface area contributed by atoms with Crippen LogP contribution in [0.25, 0.3) is 0 Å². The molecule has 0 radical (unpaired) electrons. The second-order valence-electron chi connectivity index (χ2n) is 5.52. The number of hydrogen-bond acceptors (Lipinski definition) is 5. The summed E-state index contributed by atoms with van der Waals surface area (Å²) < 4.78 is 10.9. The molecule has 114 valence electrons. The molecule has 0 atom stereocenters. The number of benzene rings is 1. The predicted molar refractivity (Wildman–Crippen MR) is 82.9 cm³/mol. The Labute approximate surface area is 125 Å². The summed E-state index contributed by atoms with van der Waals surface area (Å²) in [7, 11) is 1.71. The summed E-state index contributed by atoms with van der Waals surface area (Å²) in [5, 5.41) is 7.17. The average molecular weight is 289 g/mol. The zero-order valence-electron chi connectivity index (χ0n) is 12.5. The van der Waals surface area contributed by atoms with Crippen LogP contribution in [0.4, 0.5) is 0 Å². The molecule has 3 rings (SSSR count). The van der Waals surface area contributed by atoms with Gasteiger partial charge in [-0.25, -0.2) is 0 Å². The molecule has 1 saturated heterocycles. The molecule has 1 fully saturated rings. The molecule has 2 aliphatic rings. The molecule has 0 amide bonds. The molecule has 5 heteroatoms. The van der Waals surface area contributed by atoms with Gasteiger partial charge in [0.05, 0.1) is 19.2 Å². The lowest BCUT2D eigenvalue weighted by molar-refractivity contribution is 0.0595. The van der Waals surface area contributed by atoms with Crippen molar-refractivity contribution in [3.05, 3.63) is 29.8 Å². The van der Waals surface area contributed by atoms with Crippen LogP contribution in [0.3, 0.4) is 0 Å². The van der Waals surface area contributed by atoms with Gasteiger partial charge in [-0.2, -0.15) is 0 Å². The Morgan fingerprint density at radius 3 is 2.95 bits per heavy atom. The van der Waals surface area contributed by atoms with E-state index in [1.807, 2.05) is 18.2 Å². The maximum Gasteiger partial charge on any atom is 0.123 e. The number of aliphatic imine (C=N–C) groups is 1. The first-order valence-electron chi connectivity index (χ1n) is 7.57. The molecule has 2 N–H and O–H groups in total. The van der Waals surface area contributed by atoms with Crippen LogP contribution in [-0.4, -0.2) is 44.8 Å². The van der Waals surface area contributed by atoms with E-state index in [0.29, 0.717) is 0 Å². The summed E-state index contributed by atoms with van der Waals surface area (Å²) in [6, 6.07) is 8.09. The second-order valence-corrected chi connectivity index (χ2v) is 5.52. The number of nitrogens with one attached hydrogen (secondary N) is 2. The lowest BCUT2D eigenvalue weighted by atomic mass is 9.87. The van der Waals surface area contributed by atoms with Gasteiger partial charge < -0.3 is 20.1 Å². The Morgan fingerprint density at radius 2 is 2.14 bits per heavy atom. The van der Waals surface area contributed by atoms with E-state index in [1.54, 1.807) is 7.11 Å².